The van der Waals surface area contributed by atoms with Crippen LogP contribution in [0.2, 0.25) is 0 Å². The lowest BCUT2D eigenvalue weighted by atomic mass is 10.1. The molecule has 0 heterocycles. The van der Waals surface area contributed by atoms with Crippen LogP contribution < -0.4 is 10.1 Å². The van der Waals surface area contributed by atoms with Gasteiger partial charge in [0, 0.05) is 19.2 Å². The minimum absolute atomic E-state index is 0.256. The van der Waals surface area contributed by atoms with Gasteiger partial charge in [-0.2, -0.15) is 0 Å². The van der Waals surface area contributed by atoms with Crippen LogP contribution in [0.5, 0.6) is 5.75 Å². The molecule has 2 N–H and O–H groups in total. The lowest BCUT2D eigenvalue weighted by Crippen LogP contribution is -2.25. The molecule has 1 unspecified atom stereocenters. The average molecular weight is 395 g/mol. The molecule has 0 aliphatic carbocycles. The fourth-order valence-corrected chi connectivity index (χ4v) is 3.30. The third kappa shape index (κ3) is 5.81. The Morgan fingerprint density at radius 2 is 1.95 bits per heavy atom. The maximum absolute atomic E-state index is 8.80. The molecule has 0 saturated heterocycles. The van der Waals surface area contributed by atoms with Gasteiger partial charge in [-0.1, -0.05) is 0 Å². The van der Waals surface area contributed by atoms with E-state index in [1.165, 1.54) is 5.56 Å². The van der Waals surface area contributed by atoms with E-state index < -0.39 is 0 Å². The van der Waals surface area contributed by atoms with E-state index >= 15 is 0 Å². The van der Waals surface area contributed by atoms with Crippen molar-refractivity contribution in [1.29, 1.82) is 0 Å². The first kappa shape index (κ1) is 17.0. The summed E-state index contributed by atoms with van der Waals surface area (Å²) in [5, 5.41) is 12.2. The summed E-state index contributed by atoms with van der Waals surface area (Å²) in [7, 11) is 0. The standard InChI is InChI=1S/C14H21Br2NO2/c1-3-19-14-12(15)7-11(8-13(14)16)9-17-10(2)5-4-6-18/h7-8,10,17-18H,3-6,9H2,1-2H3. The second-order valence-electron chi connectivity index (χ2n) is 4.47. The molecule has 0 spiro atoms. The first-order chi connectivity index (χ1) is 9.08. The number of ether oxygens (including phenoxy) is 1. The number of hydrogen-bond donors (Lipinski definition) is 2. The second-order valence-corrected chi connectivity index (χ2v) is 6.18. The number of hydrogen-bond acceptors (Lipinski definition) is 3. The summed E-state index contributed by atoms with van der Waals surface area (Å²) in [4.78, 5) is 0. The van der Waals surface area contributed by atoms with Gasteiger partial charge >= 0.3 is 0 Å². The molecule has 0 aliphatic rings. The van der Waals surface area contributed by atoms with Gasteiger partial charge in [0.1, 0.15) is 5.75 Å². The van der Waals surface area contributed by atoms with Crippen molar-refractivity contribution in [3.8, 4) is 5.75 Å². The van der Waals surface area contributed by atoms with Gasteiger partial charge in [0.15, 0.2) is 0 Å². The Labute approximate surface area is 132 Å². The van der Waals surface area contributed by atoms with Gasteiger partial charge < -0.3 is 15.2 Å². The molecule has 1 aromatic carbocycles. The molecule has 5 heteroatoms. The van der Waals surface area contributed by atoms with Gasteiger partial charge in [-0.05, 0) is 76.2 Å². The highest BCUT2D eigenvalue weighted by Crippen LogP contribution is 2.34. The molecule has 3 nitrogen and oxygen atoms in total. The van der Waals surface area contributed by atoms with Crippen LogP contribution in [0.1, 0.15) is 32.3 Å². The molecule has 0 saturated carbocycles. The third-order valence-electron chi connectivity index (χ3n) is 2.80. The molecule has 0 radical (unpaired) electrons. The molecule has 0 aliphatic heterocycles. The van der Waals surface area contributed by atoms with E-state index in [1.54, 1.807) is 0 Å². The Hall–Kier alpha value is -0.100. The highest BCUT2D eigenvalue weighted by atomic mass is 79.9. The van der Waals surface area contributed by atoms with Crippen LogP contribution in [0.25, 0.3) is 0 Å². The Kier molecular flexibility index (Phi) is 7.99. The van der Waals surface area contributed by atoms with Crippen molar-refractivity contribution in [3.63, 3.8) is 0 Å². The van der Waals surface area contributed by atoms with Gasteiger partial charge in [-0.25, -0.2) is 0 Å². The maximum Gasteiger partial charge on any atom is 0.147 e. The molecular formula is C14H21Br2NO2. The van der Waals surface area contributed by atoms with Crippen molar-refractivity contribution < 1.29 is 9.84 Å². The number of rotatable bonds is 8. The number of benzene rings is 1. The van der Waals surface area contributed by atoms with Gasteiger partial charge in [0.05, 0.1) is 15.6 Å². The van der Waals surface area contributed by atoms with Crippen LogP contribution in [0.3, 0.4) is 0 Å². The molecule has 0 aromatic heterocycles. The average Bonchev–Trinajstić information content (AvgIpc) is 2.38. The predicted molar refractivity (Wildman–Crippen MR) is 85.6 cm³/mol. The predicted octanol–water partition coefficient (Wildman–Crippen LogP) is 3.86. The molecule has 0 bridgehead atoms. The largest absolute Gasteiger partial charge is 0.492 e. The smallest absolute Gasteiger partial charge is 0.147 e. The minimum atomic E-state index is 0.256. The van der Waals surface area contributed by atoms with Crippen LogP contribution in [-0.2, 0) is 6.54 Å². The van der Waals surface area contributed by atoms with Crippen LogP contribution in [0, 0.1) is 0 Å². The van der Waals surface area contributed by atoms with Crippen LogP contribution in [0.4, 0.5) is 0 Å². The first-order valence-corrected chi connectivity index (χ1v) is 8.12. The summed E-state index contributed by atoms with van der Waals surface area (Å²) >= 11 is 7.06. The van der Waals surface area contributed by atoms with Crippen molar-refractivity contribution in [2.45, 2.75) is 39.3 Å². The van der Waals surface area contributed by atoms with Gasteiger partial charge in [-0.3, -0.25) is 0 Å². The minimum Gasteiger partial charge on any atom is -0.492 e. The van der Waals surface area contributed by atoms with Gasteiger partial charge in [0.25, 0.3) is 0 Å². The Balaban J connectivity index is 2.60. The summed E-state index contributed by atoms with van der Waals surface area (Å²) in [5.41, 5.74) is 1.19. The summed E-state index contributed by atoms with van der Waals surface area (Å²) in [6, 6.07) is 4.54. The highest BCUT2D eigenvalue weighted by Gasteiger charge is 2.09. The highest BCUT2D eigenvalue weighted by molar-refractivity contribution is 9.11. The summed E-state index contributed by atoms with van der Waals surface area (Å²) in [6.07, 6.45) is 1.82. The zero-order valence-corrected chi connectivity index (χ0v) is 14.6. The number of aliphatic hydroxyl groups is 1. The molecule has 108 valence electrons. The molecule has 0 fully saturated rings. The van der Waals surface area contributed by atoms with Crippen LogP contribution in [-0.4, -0.2) is 24.4 Å². The molecule has 1 aromatic rings. The molecule has 1 rings (SSSR count). The summed E-state index contributed by atoms with van der Waals surface area (Å²) in [5.74, 6) is 0.847. The van der Waals surface area contributed by atoms with Crippen LogP contribution in [0.15, 0.2) is 21.1 Å². The topological polar surface area (TPSA) is 41.5 Å². The SMILES string of the molecule is CCOc1c(Br)cc(CNC(C)CCCO)cc1Br. The van der Waals surface area contributed by atoms with Gasteiger partial charge in [0.2, 0.25) is 0 Å². The normalized spacial score (nSPS) is 12.5. The van der Waals surface area contributed by atoms with E-state index in [1.807, 2.05) is 6.92 Å². The summed E-state index contributed by atoms with van der Waals surface area (Å²) in [6.45, 7) is 5.81. The van der Waals surface area contributed by atoms with E-state index in [9.17, 15) is 0 Å². The fraction of sp³-hybridized carbons (Fsp3) is 0.571. The first-order valence-electron chi connectivity index (χ1n) is 6.53. The number of aliphatic hydroxyl groups excluding tert-OH is 1. The molecule has 1 atom stereocenters. The van der Waals surface area contributed by atoms with Crippen LogP contribution >= 0.6 is 31.9 Å². The molecular weight excluding hydrogens is 374 g/mol. The van der Waals surface area contributed by atoms with E-state index in [0.29, 0.717) is 12.6 Å². The Morgan fingerprint density at radius 1 is 1.32 bits per heavy atom. The number of nitrogens with one attached hydrogen (secondary N) is 1. The monoisotopic (exact) mass is 393 g/mol. The fourth-order valence-electron chi connectivity index (χ4n) is 1.79. The third-order valence-corrected chi connectivity index (χ3v) is 3.97. The van der Waals surface area contributed by atoms with Crippen molar-refractivity contribution in [2.75, 3.05) is 13.2 Å². The zero-order chi connectivity index (χ0) is 14.3. The van der Waals surface area contributed by atoms with E-state index in [0.717, 1.165) is 34.1 Å². The van der Waals surface area contributed by atoms with E-state index in [4.69, 9.17) is 9.84 Å². The van der Waals surface area contributed by atoms with Crippen molar-refractivity contribution in [1.82, 2.24) is 5.32 Å². The summed E-state index contributed by atoms with van der Waals surface area (Å²) < 4.78 is 7.48. The molecule has 19 heavy (non-hydrogen) atoms. The Morgan fingerprint density at radius 3 is 2.47 bits per heavy atom. The van der Waals surface area contributed by atoms with Crippen molar-refractivity contribution in [2.24, 2.45) is 0 Å². The van der Waals surface area contributed by atoms with Crippen molar-refractivity contribution >= 4 is 31.9 Å². The lowest BCUT2D eigenvalue weighted by molar-refractivity contribution is 0.276. The maximum atomic E-state index is 8.80. The zero-order valence-electron chi connectivity index (χ0n) is 11.4. The number of halogens is 2. The Bertz CT molecular complexity index is 376. The van der Waals surface area contributed by atoms with E-state index in [-0.39, 0.29) is 6.61 Å². The van der Waals surface area contributed by atoms with Gasteiger partial charge in [-0.15, -0.1) is 0 Å². The lowest BCUT2D eigenvalue weighted by Gasteiger charge is -2.15. The quantitative estimate of drug-likeness (QED) is 0.703. The second kappa shape index (κ2) is 8.95. The van der Waals surface area contributed by atoms with Crippen molar-refractivity contribution in [3.05, 3.63) is 26.6 Å². The molecule has 0 amide bonds. The van der Waals surface area contributed by atoms with E-state index in [2.05, 4.69) is 56.2 Å².